The predicted octanol–water partition coefficient (Wildman–Crippen LogP) is 7.01. The lowest BCUT2D eigenvalue weighted by molar-refractivity contribution is -0.182. The van der Waals surface area contributed by atoms with E-state index in [1.807, 2.05) is 24.3 Å². The standard InChI is InChI=1S/C22H31F3O2/c1-2-3-4-5-6-7-8-9-10-11-12-13-14-15-16-17-18-19-21(26)27-20-22(23,24)25/h10-19H,2-9,20H2,1H3. The predicted molar refractivity (Wildman–Crippen MR) is 105 cm³/mol. The van der Waals surface area contributed by atoms with Gasteiger partial charge in [0, 0.05) is 6.08 Å². The van der Waals surface area contributed by atoms with Gasteiger partial charge in [-0.05, 0) is 12.8 Å². The maximum Gasteiger partial charge on any atom is 0.422 e. The van der Waals surface area contributed by atoms with Gasteiger partial charge in [-0.25, -0.2) is 4.79 Å². The topological polar surface area (TPSA) is 26.3 Å². The minimum Gasteiger partial charge on any atom is -0.453 e. The molecule has 0 amide bonds. The van der Waals surface area contributed by atoms with Crippen LogP contribution < -0.4 is 0 Å². The third kappa shape index (κ3) is 21.9. The largest absolute Gasteiger partial charge is 0.453 e. The molecule has 0 fully saturated rings. The SMILES string of the molecule is CCCCCCCCCC=CC=CC=CC=CC=CC(=O)OCC(F)(F)F. The molecule has 2 nitrogen and oxygen atoms in total. The summed E-state index contributed by atoms with van der Waals surface area (Å²) in [5, 5.41) is 0. The molecule has 0 spiro atoms. The Hall–Kier alpha value is -2.04. The molecule has 0 heterocycles. The number of unbranched alkanes of at least 4 members (excludes halogenated alkanes) is 7. The molecule has 0 radical (unpaired) electrons. The molecule has 152 valence electrons. The summed E-state index contributed by atoms with van der Waals surface area (Å²) in [7, 11) is 0. The number of hydrogen-bond donors (Lipinski definition) is 0. The van der Waals surface area contributed by atoms with Crippen LogP contribution in [-0.2, 0) is 9.53 Å². The molecule has 0 aliphatic heterocycles. The van der Waals surface area contributed by atoms with Gasteiger partial charge >= 0.3 is 12.1 Å². The fraction of sp³-hybridized carbons (Fsp3) is 0.500. The van der Waals surface area contributed by atoms with Crippen molar-refractivity contribution in [3.05, 3.63) is 60.8 Å². The molecule has 0 aliphatic rings. The lowest BCUT2D eigenvalue weighted by Crippen LogP contribution is -2.19. The molecular weight excluding hydrogens is 353 g/mol. The number of carbonyl (C=O) groups excluding carboxylic acids is 1. The van der Waals surface area contributed by atoms with E-state index in [1.54, 1.807) is 12.2 Å². The Kier molecular flexibility index (Phi) is 16.1. The number of halogens is 3. The highest BCUT2D eigenvalue weighted by Gasteiger charge is 2.29. The van der Waals surface area contributed by atoms with Crippen LogP contribution in [0.3, 0.4) is 0 Å². The van der Waals surface area contributed by atoms with Gasteiger partial charge in [0.2, 0.25) is 0 Å². The molecule has 0 atom stereocenters. The highest BCUT2D eigenvalue weighted by molar-refractivity contribution is 5.82. The van der Waals surface area contributed by atoms with Gasteiger partial charge in [-0.2, -0.15) is 13.2 Å². The second-order valence-electron chi connectivity index (χ2n) is 6.07. The van der Waals surface area contributed by atoms with Gasteiger partial charge in [-0.1, -0.05) is 100 Å². The normalized spacial score (nSPS) is 13.2. The van der Waals surface area contributed by atoms with Gasteiger partial charge in [0.15, 0.2) is 6.61 Å². The van der Waals surface area contributed by atoms with Crippen LogP contribution in [0.25, 0.3) is 0 Å². The van der Waals surface area contributed by atoms with E-state index in [0.29, 0.717) is 0 Å². The van der Waals surface area contributed by atoms with Gasteiger partial charge in [0.1, 0.15) is 0 Å². The zero-order chi connectivity index (χ0) is 20.2. The lowest BCUT2D eigenvalue weighted by Gasteiger charge is -2.04. The van der Waals surface area contributed by atoms with Crippen LogP contribution in [0.4, 0.5) is 13.2 Å². The summed E-state index contributed by atoms with van der Waals surface area (Å²) in [6.45, 7) is 0.655. The fourth-order valence-corrected chi connectivity index (χ4v) is 2.11. The second kappa shape index (κ2) is 17.4. The molecule has 0 aromatic heterocycles. The maximum atomic E-state index is 11.8. The van der Waals surface area contributed by atoms with Gasteiger partial charge in [0.05, 0.1) is 0 Å². The Morgan fingerprint density at radius 3 is 1.89 bits per heavy atom. The first-order valence-corrected chi connectivity index (χ1v) is 9.52. The molecule has 0 bridgehead atoms. The summed E-state index contributed by atoms with van der Waals surface area (Å²) >= 11 is 0. The van der Waals surface area contributed by atoms with Crippen molar-refractivity contribution in [2.75, 3.05) is 6.61 Å². The van der Waals surface area contributed by atoms with E-state index < -0.39 is 18.8 Å². The van der Waals surface area contributed by atoms with Crippen molar-refractivity contribution in [2.45, 2.75) is 64.5 Å². The average Bonchev–Trinajstić information content (AvgIpc) is 2.62. The summed E-state index contributed by atoms with van der Waals surface area (Å²) in [6, 6.07) is 0. The van der Waals surface area contributed by atoms with E-state index in [4.69, 9.17) is 0 Å². The number of alkyl halides is 3. The molecule has 0 aromatic rings. The quantitative estimate of drug-likeness (QED) is 0.139. The number of esters is 1. The number of carbonyl (C=O) groups is 1. The van der Waals surface area contributed by atoms with Crippen molar-refractivity contribution in [3.63, 3.8) is 0 Å². The van der Waals surface area contributed by atoms with Crippen molar-refractivity contribution >= 4 is 5.97 Å². The summed E-state index contributed by atoms with van der Waals surface area (Å²) < 4.78 is 39.5. The molecule has 0 aliphatic carbocycles. The maximum absolute atomic E-state index is 11.8. The summed E-state index contributed by atoms with van der Waals surface area (Å²) in [5.74, 6) is -1.02. The van der Waals surface area contributed by atoms with Crippen molar-refractivity contribution in [3.8, 4) is 0 Å². The molecule has 0 aromatic carbocycles. The van der Waals surface area contributed by atoms with Crippen LogP contribution in [0.1, 0.15) is 58.3 Å². The average molecular weight is 384 g/mol. The minimum atomic E-state index is -4.50. The number of ether oxygens (including phenoxy) is 1. The van der Waals surface area contributed by atoms with E-state index in [1.165, 1.54) is 57.1 Å². The molecule has 27 heavy (non-hydrogen) atoms. The molecule has 0 saturated heterocycles. The van der Waals surface area contributed by atoms with Crippen molar-refractivity contribution < 1.29 is 22.7 Å². The van der Waals surface area contributed by atoms with E-state index >= 15 is 0 Å². The molecule has 0 N–H and O–H groups in total. The first kappa shape index (κ1) is 25.0. The van der Waals surface area contributed by atoms with Crippen LogP contribution >= 0.6 is 0 Å². The molecule has 0 saturated carbocycles. The van der Waals surface area contributed by atoms with Gasteiger partial charge in [0.25, 0.3) is 0 Å². The highest BCUT2D eigenvalue weighted by Crippen LogP contribution is 2.14. The Labute approximate surface area is 161 Å². The van der Waals surface area contributed by atoms with Crippen molar-refractivity contribution in [2.24, 2.45) is 0 Å². The Morgan fingerprint density at radius 2 is 1.30 bits per heavy atom. The van der Waals surface area contributed by atoms with Crippen LogP contribution in [0.5, 0.6) is 0 Å². The third-order valence-corrected chi connectivity index (χ3v) is 3.50. The van der Waals surface area contributed by atoms with Crippen LogP contribution in [-0.4, -0.2) is 18.8 Å². The summed E-state index contributed by atoms with van der Waals surface area (Å²) in [5.41, 5.74) is 0. The molecule has 0 rings (SSSR count). The van der Waals surface area contributed by atoms with Crippen LogP contribution in [0, 0.1) is 0 Å². The Bertz CT molecular complexity index is 512. The van der Waals surface area contributed by atoms with Gasteiger partial charge in [-0.15, -0.1) is 0 Å². The zero-order valence-electron chi connectivity index (χ0n) is 16.1. The third-order valence-electron chi connectivity index (χ3n) is 3.50. The molecular formula is C22H31F3O2. The van der Waals surface area contributed by atoms with E-state index in [9.17, 15) is 18.0 Å². The van der Waals surface area contributed by atoms with Crippen molar-refractivity contribution in [1.29, 1.82) is 0 Å². The number of allylic oxidation sites excluding steroid dienone is 9. The Balaban J connectivity index is 3.70. The summed E-state index contributed by atoms with van der Waals surface area (Å²) in [4.78, 5) is 11.0. The van der Waals surface area contributed by atoms with E-state index in [-0.39, 0.29) is 0 Å². The minimum absolute atomic E-state index is 0.943. The lowest BCUT2D eigenvalue weighted by atomic mass is 10.1. The summed E-state index contributed by atoms with van der Waals surface area (Å²) in [6.07, 6.45) is 22.8. The van der Waals surface area contributed by atoms with Crippen molar-refractivity contribution in [1.82, 2.24) is 0 Å². The first-order chi connectivity index (χ1) is 13.0. The zero-order valence-corrected chi connectivity index (χ0v) is 16.1. The number of rotatable bonds is 14. The molecule has 5 heteroatoms. The highest BCUT2D eigenvalue weighted by atomic mass is 19.4. The fourth-order valence-electron chi connectivity index (χ4n) is 2.11. The van der Waals surface area contributed by atoms with Gasteiger partial charge in [-0.3, -0.25) is 0 Å². The second-order valence-corrected chi connectivity index (χ2v) is 6.07. The van der Waals surface area contributed by atoms with Gasteiger partial charge < -0.3 is 4.74 Å². The van der Waals surface area contributed by atoms with Crippen LogP contribution in [0.15, 0.2) is 60.8 Å². The van der Waals surface area contributed by atoms with Crippen LogP contribution in [0.2, 0.25) is 0 Å². The monoisotopic (exact) mass is 384 g/mol. The van der Waals surface area contributed by atoms with E-state index in [0.717, 1.165) is 12.5 Å². The number of hydrogen-bond acceptors (Lipinski definition) is 2. The van der Waals surface area contributed by atoms with E-state index in [2.05, 4.69) is 17.7 Å². The smallest absolute Gasteiger partial charge is 0.422 e. The molecule has 0 unspecified atom stereocenters. The first-order valence-electron chi connectivity index (χ1n) is 9.52. The Morgan fingerprint density at radius 1 is 0.778 bits per heavy atom.